The molecule has 7 heteroatoms. The van der Waals surface area contributed by atoms with Gasteiger partial charge in [-0.2, -0.15) is 0 Å². The van der Waals surface area contributed by atoms with E-state index in [9.17, 15) is 5.11 Å². The van der Waals surface area contributed by atoms with E-state index in [1.165, 1.54) is 12.8 Å². The van der Waals surface area contributed by atoms with Crippen LogP contribution in [0.3, 0.4) is 0 Å². The summed E-state index contributed by atoms with van der Waals surface area (Å²) < 4.78 is 6.07. The molecular weight excluding hydrogens is 388 g/mol. The van der Waals surface area contributed by atoms with Crippen molar-refractivity contribution < 1.29 is 9.84 Å². The summed E-state index contributed by atoms with van der Waals surface area (Å²) in [5, 5.41) is 13.9. The third kappa shape index (κ3) is 4.66. The summed E-state index contributed by atoms with van der Waals surface area (Å²) in [6.07, 6.45) is 10.5. The Morgan fingerprint density at radius 1 is 1.14 bits per heavy atom. The normalized spacial score (nSPS) is 15.3. The van der Waals surface area contributed by atoms with Crippen molar-refractivity contribution in [2.24, 2.45) is 0 Å². The minimum absolute atomic E-state index is 0.277. The number of ether oxygens (including phenoxy) is 1. The number of anilines is 1. The summed E-state index contributed by atoms with van der Waals surface area (Å²) in [4.78, 5) is 12.9. The van der Waals surface area contributed by atoms with Crippen LogP contribution in [0.1, 0.15) is 43.0 Å². The largest absolute Gasteiger partial charge is 0.490 e. The fraction of sp³-hybridized carbons (Fsp3) is 0.318. The van der Waals surface area contributed by atoms with Gasteiger partial charge in [-0.25, -0.2) is 4.98 Å². The molecule has 1 aliphatic rings. The van der Waals surface area contributed by atoms with E-state index in [2.05, 4.69) is 20.3 Å². The molecule has 3 aromatic rings. The average molecular weight is 411 g/mol. The summed E-state index contributed by atoms with van der Waals surface area (Å²) in [5.74, 6) is 1.25. The van der Waals surface area contributed by atoms with Gasteiger partial charge in [-0.3, -0.25) is 9.97 Å². The number of halogens is 1. The Kier molecular flexibility index (Phi) is 5.92. The molecule has 0 saturated heterocycles. The molecule has 0 spiro atoms. The lowest BCUT2D eigenvalue weighted by Crippen LogP contribution is -2.12. The molecule has 4 rings (SSSR count). The Morgan fingerprint density at radius 2 is 1.97 bits per heavy atom. The maximum absolute atomic E-state index is 10.4. The summed E-state index contributed by atoms with van der Waals surface area (Å²) in [6.45, 7) is 1.92. The van der Waals surface area contributed by atoms with Gasteiger partial charge in [0.25, 0.3) is 0 Å². The SMILES string of the molecule is Cc1ccncc1C(O)Nc1cnc(-c2cc(OC3CCCC3)ccc2Cl)cn1. The van der Waals surface area contributed by atoms with Crippen molar-refractivity contribution in [2.75, 3.05) is 5.32 Å². The fourth-order valence-corrected chi connectivity index (χ4v) is 3.71. The molecule has 0 radical (unpaired) electrons. The van der Waals surface area contributed by atoms with Gasteiger partial charge in [0.2, 0.25) is 0 Å². The predicted octanol–water partition coefficient (Wildman–Crippen LogP) is 4.92. The topological polar surface area (TPSA) is 80.2 Å². The highest BCUT2D eigenvalue weighted by Crippen LogP contribution is 2.32. The van der Waals surface area contributed by atoms with E-state index in [1.54, 1.807) is 24.8 Å². The molecule has 29 heavy (non-hydrogen) atoms. The van der Waals surface area contributed by atoms with Crippen LogP contribution in [0.2, 0.25) is 5.02 Å². The third-order valence-corrected chi connectivity index (χ3v) is 5.46. The molecule has 1 unspecified atom stereocenters. The maximum Gasteiger partial charge on any atom is 0.153 e. The number of rotatable bonds is 6. The van der Waals surface area contributed by atoms with E-state index >= 15 is 0 Å². The van der Waals surface area contributed by atoms with Crippen LogP contribution in [0.25, 0.3) is 11.3 Å². The molecule has 0 bridgehead atoms. The molecule has 0 aliphatic heterocycles. The van der Waals surface area contributed by atoms with Crippen molar-refractivity contribution in [2.45, 2.75) is 44.9 Å². The highest BCUT2D eigenvalue weighted by molar-refractivity contribution is 6.33. The number of benzene rings is 1. The second-order valence-electron chi connectivity index (χ2n) is 7.23. The van der Waals surface area contributed by atoms with Gasteiger partial charge in [-0.1, -0.05) is 11.6 Å². The Balaban J connectivity index is 1.49. The summed E-state index contributed by atoms with van der Waals surface area (Å²) >= 11 is 6.38. The summed E-state index contributed by atoms with van der Waals surface area (Å²) in [6, 6.07) is 7.47. The van der Waals surface area contributed by atoms with Gasteiger partial charge in [-0.15, -0.1) is 0 Å². The van der Waals surface area contributed by atoms with Gasteiger partial charge in [0, 0.05) is 23.5 Å². The van der Waals surface area contributed by atoms with E-state index in [4.69, 9.17) is 16.3 Å². The van der Waals surface area contributed by atoms with E-state index in [1.807, 2.05) is 31.2 Å². The van der Waals surface area contributed by atoms with Gasteiger partial charge in [0.15, 0.2) is 6.23 Å². The first-order valence-corrected chi connectivity index (χ1v) is 10.1. The van der Waals surface area contributed by atoms with Gasteiger partial charge < -0.3 is 15.2 Å². The molecule has 150 valence electrons. The Bertz CT molecular complexity index is 975. The lowest BCUT2D eigenvalue weighted by atomic mass is 10.1. The van der Waals surface area contributed by atoms with Crippen LogP contribution < -0.4 is 10.1 Å². The van der Waals surface area contributed by atoms with Crippen molar-refractivity contribution in [3.05, 3.63) is 65.2 Å². The Hall–Kier alpha value is -2.70. The van der Waals surface area contributed by atoms with Crippen LogP contribution in [0.5, 0.6) is 5.75 Å². The molecule has 0 amide bonds. The lowest BCUT2D eigenvalue weighted by Gasteiger charge is -2.16. The van der Waals surface area contributed by atoms with Crippen molar-refractivity contribution in [3.63, 3.8) is 0 Å². The third-order valence-electron chi connectivity index (χ3n) is 5.13. The molecular formula is C22H23ClN4O2. The second-order valence-corrected chi connectivity index (χ2v) is 7.64. The van der Waals surface area contributed by atoms with Gasteiger partial charge in [0.1, 0.15) is 11.6 Å². The molecule has 2 aromatic heterocycles. The number of nitrogens with zero attached hydrogens (tertiary/aromatic N) is 3. The fourth-order valence-electron chi connectivity index (χ4n) is 3.49. The van der Waals surface area contributed by atoms with Crippen LogP contribution in [0.4, 0.5) is 5.82 Å². The zero-order valence-corrected chi connectivity index (χ0v) is 16.9. The number of aromatic nitrogens is 3. The predicted molar refractivity (Wildman–Crippen MR) is 113 cm³/mol. The molecule has 2 heterocycles. The van der Waals surface area contributed by atoms with E-state index < -0.39 is 6.23 Å². The zero-order valence-electron chi connectivity index (χ0n) is 16.2. The average Bonchev–Trinajstić information content (AvgIpc) is 3.23. The van der Waals surface area contributed by atoms with Crippen LogP contribution in [-0.4, -0.2) is 26.2 Å². The van der Waals surface area contributed by atoms with Crippen LogP contribution in [-0.2, 0) is 0 Å². The number of pyridine rings is 1. The molecule has 1 aliphatic carbocycles. The second kappa shape index (κ2) is 8.76. The lowest BCUT2D eigenvalue weighted by molar-refractivity contribution is 0.206. The smallest absolute Gasteiger partial charge is 0.153 e. The van der Waals surface area contributed by atoms with Gasteiger partial charge in [0.05, 0.1) is 29.2 Å². The highest BCUT2D eigenvalue weighted by atomic mass is 35.5. The van der Waals surface area contributed by atoms with Crippen molar-refractivity contribution in [1.29, 1.82) is 0 Å². The minimum atomic E-state index is -0.921. The van der Waals surface area contributed by atoms with E-state index in [-0.39, 0.29) is 6.10 Å². The summed E-state index contributed by atoms with van der Waals surface area (Å²) in [7, 11) is 0. The molecule has 2 N–H and O–H groups in total. The standard InChI is InChI=1S/C22H23ClN4O2/c1-14-8-9-24-11-18(14)22(28)27-21-13-25-20(12-26-21)17-10-16(6-7-19(17)23)29-15-4-2-3-5-15/h6-13,15,22,28H,2-5H2,1H3,(H,26,27). The number of aliphatic hydroxyl groups excluding tert-OH is 1. The van der Waals surface area contributed by atoms with E-state index in [0.717, 1.165) is 29.7 Å². The number of nitrogens with one attached hydrogen (secondary N) is 1. The van der Waals surface area contributed by atoms with Crippen molar-refractivity contribution in [1.82, 2.24) is 15.0 Å². The first-order chi connectivity index (χ1) is 14.1. The maximum atomic E-state index is 10.4. The molecule has 6 nitrogen and oxygen atoms in total. The molecule has 1 aromatic carbocycles. The number of hydrogen-bond donors (Lipinski definition) is 2. The van der Waals surface area contributed by atoms with Gasteiger partial charge in [-0.05, 0) is 62.4 Å². The monoisotopic (exact) mass is 410 g/mol. The van der Waals surface area contributed by atoms with Crippen molar-refractivity contribution >= 4 is 17.4 Å². The van der Waals surface area contributed by atoms with Crippen LogP contribution in [0, 0.1) is 6.92 Å². The molecule has 1 saturated carbocycles. The highest BCUT2D eigenvalue weighted by Gasteiger charge is 2.17. The zero-order chi connectivity index (χ0) is 20.2. The number of aryl methyl sites for hydroxylation is 1. The molecule has 1 atom stereocenters. The summed E-state index contributed by atoms with van der Waals surface area (Å²) in [5.41, 5.74) is 3.04. The molecule has 1 fully saturated rings. The first-order valence-electron chi connectivity index (χ1n) is 9.74. The van der Waals surface area contributed by atoms with E-state index in [0.29, 0.717) is 22.1 Å². The Morgan fingerprint density at radius 3 is 2.69 bits per heavy atom. The Labute approximate surface area is 175 Å². The number of aliphatic hydroxyl groups is 1. The van der Waals surface area contributed by atoms with Crippen molar-refractivity contribution in [3.8, 4) is 17.0 Å². The van der Waals surface area contributed by atoms with Crippen LogP contribution >= 0.6 is 11.6 Å². The number of hydrogen-bond acceptors (Lipinski definition) is 6. The first kappa shape index (κ1) is 19.6. The quantitative estimate of drug-likeness (QED) is 0.561. The van der Waals surface area contributed by atoms with Gasteiger partial charge >= 0.3 is 0 Å². The van der Waals surface area contributed by atoms with Crippen LogP contribution in [0.15, 0.2) is 49.1 Å². The minimum Gasteiger partial charge on any atom is -0.490 e.